The van der Waals surface area contributed by atoms with Gasteiger partial charge in [-0.25, -0.2) is 4.39 Å². The quantitative estimate of drug-likeness (QED) is 0.565. The van der Waals surface area contributed by atoms with E-state index in [4.69, 9.17) is 0 Å². The third-order valence-electron chi connectivity index (χ3n) is 1.52. The second-order valence-electron chi connectivity index (χ2n) is 2.52. The number of hydrogen-bond acceptors (Lipinski definition) is 1. The van der Waals surface area contributed by atoms with E-state index in [9.17, 15) is 17.6 Å². The SMILES string of the molecule is CC1NC=C(C(F)(F)F)C=C1F. The molecule has 0 amide bonds. The van der Waals surface area contributed by atoms with Gasteiger partial charge in [0, 0.05) is 6.20 Å². The first kappa shape index (κ1) is 9.09. The molecule has 0 bridgehead atoms. The van der Waals surface area contributed by atoms with Crippen molar-refractivity contribution in [2.45, 2.75) is 19.1 Å². The lowest BCUT2D eigenvalue weighted by atomic mass is 10.1. The maximum absolute atomic E-state index is 12.6. The average Bonchev–Trinajstić information content (AvgIpc) is 1.92. The van der Waals surface area contributed by atoms with Crippen LogP contribution in [0.5, 0.6) is 0 Å². The summed E-state index contributed by atoms with van der Waals surface area (Å²) in [6.45, 7) is 1.44. The minimum absolute atomic E-state index is 0.501. The molecule has 1 heterocycles. The Morgan fingerprint density at radius 1 is 1.42 bits per heavy atom. The number of alkyl halides is 3. The first-order valence-corrected chi connectivity index (χ1v) is 3.32. The summed E-state index contributed by atoms with van der Waals surface area (Å²) in [5.74, 6) is -0.801. The minimum Gasteiger partial charge on any atom is -0.382 e. The Morgan fingerprint density at radius 3 is 2.42 bits per heavy atom. The maximum Gasteiger partial charge on any atom is 0.417 e. The van der Waals surface area contributed by atoms with Gasteiger partial charge in [0.15, 0.2) is 0 Å². The molecule has 0 aromatic carbocycles. The van der Waals surface area contributed by atoms with Crippen LogP contribution < -0.4 is 5.32 Å². The summed E-state index contributed by atoms with van der Waals surface area (Å²) in [5.41, 5.74) is -0.988. The van der Waals surface area contributed by atoms with Crippen LogP contribution in [-0.2, 0) is 0 Å². The van der Waals surface area contributed by atoms with E-state index in [1.54, 1.807) is 0 Å². The van der Waals surface area contributed by atoms with Gasteiger partial charge in [0.05, 0.1) is 11.6 Å². The molecule has 68 valence electrons. The van der Waals surface area contributed by atoms with Crippen LogP contribution in [0.1, 0.15) is 6.92 Å². The Morgan fingerprint density at radius 2 is 2.00 bits per heavy atom. The third kappa shape index (κ3) is 1.78. The van der Waals surface area contributed by atoms with Crippen LogP contribution in [0.3, 0.4) is 0 Å². The summed E-state index contributed by atoms with van der Waals surface area (Å²) in [7, 11) is 0. The first-order chi connectivity index (χ1) is 5.41. The van der Waals surface area contributed by atoms with Crippen LogP contribution in [0.25, 0.3) is 0 Å². The Bertz CT molecular complexity index is 238. The van der Waals surface area contributed by atoms with Gasteiger partial charge in [-0.2, -0.15) is 13.2 Å². The number of hydrogen-bond donors (Lipinski definition) is 1. The van der Waals surface area contributed by atoms with Gasteiger partial charge >= 0.3 is 6.18 Å². The predicted octanol–water partition coefficient (Wildman–Crippen LogP) is 2.28. The summed E-state index contributed by atoms with van der Waals surface area (Å²) < 4.78 is 48.4. The van der Waals surface area contributed by atoms with Crippen LogP contribution in [0.2, 0.25) is 0 Å². The monoisotopic (exact) mass is 181 g/mol. The zero-order valence-corrected chi connectivity index (χ0v) is 6.24. The number of halogens is 4. The molecule has 1 atom stereocenters. The van der Waals surface area contributed by atoms with Gasteiger partial charge in [0.2, 0.25) is 0 Å². The molecule has 12 heavy (non-hydrogen) atoms. The molecule has 0 saturated carbocycles. The van der Waals surface area contributed by atoms with Crippen molar-refractivity contribution < 1.29 is 17.6 Å². The number of dihydropyridines is 1. The molecule has 1 unspecified atom stereocenters. The van der Waals surface area contributed by atoms with Gasteiger partial charge in [-0.05, 0) is 13.0 Å². The van der Waals surface area contributed by atoms with Crippen LogP contribution in [0.4, 0.5) is 17.6 Å². The highest BCUT2D eigenvalue weighted by Gasteiger charge is 2.34. The highest BCUT2D eigenvalue weighted by atomic mass is 19.4. The van der Waals surface area contributed by atoms with E-state index in [0.717, 1.165) is 6.20 Å². The fourth-order valence-electron chi connectivity index (χ4n) is 0.773. The Balaban J connectivity index is 2.85. The van der Waals surface area contributed by atoms with Crippen molar-refractivity contribution in [3.63, 3.8) is 0 Å². The molecule has 0 aromatic heterocycles. The molecule has 5 heteroatoms. The zero-order valence-electron chi connectivity index (χ0n) is 6.24. The van der Waals surface area contributed by atoms with Crippen molar-refractivity contribution in [3.8, 4) is 0 Å². The Kier molecular flexibility index (Phi) is 2.12. The zero-order chi connectivity index (χ0) is 9.35. The molecular formula is C7H7F4N. The molecule has 1 aliphatic heterocycles. The molecule has 1 aliphatic rings. The van der Waals surface area contributed by atoms with Crippen molar-refractivity contribution in [2.24, 2.45) is 0 Å². The van der Waals surface area contributed by atoms with Crippen molar-refractivity contribution in [3.05, 3.63) is 23.7 Å². The van der Waals surface area contributed by atoms with Crippen molar-refractivity contribution >= 4 is 0 Å². The number of rotatable bonds is 0. The lowest BCUT2D eigenvalue weighted by Gasteiger charge is -2.18. The lowest BCUT2D eigenvalue weighted by Crippen LogP contribution is -2.28. The van der Waals surface area contributed by atoms with Gasteiger partial charge in [-0.3, -0.25) is 0 Å². The van der Waals surface area contributed by atoms with Crippen LogP contribution in [-0.4, -0.2) is 12.2 Å². The van der Waals surface area contributed by atoms with Gasteiger partial charge in [0.25, 0.3) is 0 Å². The topological polar surface area (TPSA) is 12.0 Å². The lowest BCUT2D eigenvalue weighted by molar-refractivity contribution is -0.0890. The molecule has 0 saturated heterocycles. The smallest absolute Gasteiger partial charge is 0.382 e. The molecule has 1 nitrogen and oxygen atoms in total. The average molecular weight is 181 g/mol. The van der Waals surface area contributed by atoms with Gasteiger partial charge in [-0.1, -0.05) is 0 Å². The molecule has 0 aromatic rings. The van der Waals surface area contributed by atoms with Gasteiger partial charge in [-0.15, -0.1) is 0 Å². The van der Waals surface area contributed by atoms with Crippen LogP contribution >= 0.6 is 0 Å². The summed E-state index contributed by atoms with van der Waals surface area (Å²) in [5, 5.41) is 2.26. The fourth-order valence-corrected chi connectivity index (χ4v) is 0.773. The minimum atomic E-state index is -4.48. The maximum atomic E-state index is 12.6. The fraction of sp³-hybridized carbons (Fsp3) is 0.429. The molecule has 0 spiro atoms. The van der Waals surface area contributed by atoms with Crippen molar-refractivity contribution in [1.29, 1.82) is 0 Å². The first-order valence-electron chi connectivity index (χ1n) is 3.32. The van der Waals surface area contributed by atoms with E-state index < -0.39 is 23.6 Å². The third-order valence-corrected chi connectivity index (χ3v) is 1.52. The Hall–Kier alpha value is -1.00. The summed E-state index contributed by atoms with van der Waals surface area (Å²) in [4.78, 5) is 0. The molecular weight excluding hydrogens is 174 g/mol. The molecule has 0 radical (unpaired) electrons. The second-order valence-corrected chi connectivity index (χ2v) is 2.52. The van der Waals surface area contributed by atoms with E-state index in [2.05, 4.69) is 5.32 Å². The number of nitrogens with one attached hydrogen (secondary N) is 1. The number of allylic oxidation sites excluding steroid dienone is 2. The second kappa shape index (κ2) is 2.80. The van der Waals surface area contributed by atoms with Crippen molar-refractivity contribution in [2.75, 3.05) is 0 Å². The largest absolute Gasteiger partial charge is 0.417 e. The summed E-state index contributed by atoms with van der Waals surface area (Å²) in [6, 6.07) is -0.670. The summed E-state index contributed by atoms with van der Waals surface area (Å²) in [6.07, 6.45) is -3.21. The molecule has 0 fully saturated rings. The van der Waals surface area contributed by atoms with Crippen LogP contribution in [0.15, 0.2) is 23.7 Å². The van der Waals surface area contributed by atoms with E-state index in [1.807, 2.05) is 0 Å². The molecule has 0 aliphatic carbocycles. The normalized spacial score (nSPS) is 24.2. The standard InChI is InChI=1S/C7H7F4N/c1-4-6(8)2-5(3-12-4)7(9,10)11/h2-4,12H,1H3. The summed E-state index contributed by atoms with van der Waals surface area (Å²) >= 11 is 0. The molecule has 1 rings (SSSR count). The van der Waals surface area contributed by atoms with Gasteiger partial charge < -0.3 is 5.32 Å². The van der Waals surface area contributed by atoms with E-state index >= 15 is 0 Å². The highest BCUT2D eigenvalue weighted by Crippen LogP contribution is 2.29. The van der Waals surface area contributed by atoms with Crippen molar-refractivity contribution in [1.82, 2.24) is 5.32 Å². The predicted molar refractivity (Wildman–Crippen MR) is 35.9 cm³/mol. The van der Waals surface area contributed by atoms with E-state index in [0.29, 0.717) is 6.08 Å². The van der Waals surface area contributed by atoms with Crippen LogP contribution in [0, 0.1) is 0 Å². The Labute approximate surface area is 66.8 Å². The highest BCUT2D eigenvalue weighted by molar-refractivity contribution is 5.30. The molecule has 1 N–H and O–H groups in total. The van der Waals surface area contributed by atoms with E-state index in [-0.39, 0.29) is 0 Å². The van der Waals surface area contributed by atoms with Gasteiger partial charge in [0.1, 0.15) is 5.83 Å². The van der Waals surface area contributed by atoms with E-state index in [1.165, 1.54) is 6.92 Å².